The molecule has 16 heteroatoms. The van der Waals surface area contributed by atoms with Crippen LogP contribution in [0.25, 0.3) is 10.4 Å². The summed E-state index contributed by atoms with van der Waals surface area (Å²) in [7, 11) is -4.91. The number of thiazole rings is 1. The number of carbonyl (C=O) groups excluding carboxylic acids is 3. The highest BCUT2D eigenvalue weighted by Crippen LogP contribution is 2.33. The number of hydrogen-bond donors (Lipinski definition) is 1. The van der Waals surface area contributed by atoms with Crippen molar-refractivity contribution in [2.24, 2.45) is 16.2 Å². The van der Waals surface area contributed by atoms with Crippen LogP contribution in [0, 0.1) is 12.8 Å². The van der Waals surface area contributed by atoms with Crippen molar-refractivity contribution in [2.75, 3.05) is 6.54 Å². The van der Waals surface area contributed by atoms with Crippen LogP contribution in [-0.4, -0.2) is 69.4 Å². The Bertz CT molecular complexity index is 1190. The standard InChI is InChI=1S/C19H26N6O8S2/c1-10-22-12(9-34-10)15(23-33-19(5,6)17(28)32-18(2,3)4)14(26)7-11-13(8-21-24-20)25(16(11)27)35(29,30)31/h9,11,13H,7-8H2,1-6H3,(H,29,30,31)/b23-15-/t11-,13+/m0/s1. The molecule has 1 aliphatic heterocycles. The van der Waals surface area contributed by atoms with Crippen LogP contribution in [-0.2, 0) is 34.3 Å². The molecule has 35 heavy (non-hydrogen) atoms. The van der Waals surface area contributed by atoms with Gasteiger partial charge < -0.3 is 9.57 Å². The Morgan fingerprint density at radius 3 is 2.43 bits per heavy atom. The first kappa shape index (κ1) is 28.2. The molecule has 1 amide bonds. The van der Waals surface area contributed by atoms with Crippen LogP contribution in [0.15, 0.2) is 15.7 Å². The number of carbonyl (C=O) groups is 3. The van der Waals surface area contributed by atoms with Gasteiger partial charge in [-0.05, 0) is 47.1 Å². The minimum Gasteiger partial charge on any atom is -0.457 e. The van der Waals surface area contributed by atoms with Gasteiger partial charge in [-0.15, -0.1) is 11.3 Å². The third kappa shape index (κ3) is 6.97. The Kier molecular flexibility index (Phi) is 8.27. The second-order valence-corrected chi connectivity index (χ2v) is 11.5. The molecule has 1 N–H and O–H groups in total. The van der Waals surface area contributed by atoms with Crippen molar-refractivity contribution < 1.29 is 36.9 Å². The zero-order chi connectivity index (χ0) is 26.8. The van der Waals surface area contributed by atoms with Gasteiger partial charge in [0.05, 0.1) is 17.0 Å². The normalized spacial score (nSPS) is 19.0. The van der Waals surface area contributed by atoms with Gasteiger partial charge >= 0.3 is 16.3 Å². The summed E-state index contributed by atoms with van der Waals surface area (Å²) in [5.74, 6) is -3.72. The maximum absolute atomic E-state index is 13.1. The number of ketones is 1. The van der Waals surface area contributed by atoms with Crippen molar-refractivity contribution in [3.8, 4) is 0 Å². The van der Waals surface area contributed by atoms with Gasteiger partial charge in [0.15, 0.2) is 11.5 Å². The molecule has 0 aromatic carbocycles. The third-order valence-electron chi connectivity index (χ3n) is 4.67. The van der Waals surface area contributed by atoms with E-state index in [9.17, 15) is 27.4 Å². The number of aromatic nitrogens is 1. The second-order valence-electron chi connectivity index (χ2n) is 9.12. The fourth-order valence-corrected chi connectivity index (χ4v) is 4.53. The molecule has 1 aromatic heterocycles. The van der Waals surface area contributed by atoms with Crippen molar-refractivity contribution in [3.05, 3.63) is 26.5 Å². The summed E-state index contributed by atoms with van der Waals surface area (Å²) in [5.41, 5.74) is 6.01. The molecule has 1 saturated heterocycles. The van der Waals surface area contributed by atoms with Crippen molar-refractivity contribution in [1.82, 2.24) is 9.29 Å². The lowest BCUT2D eigenvalue weighted by atomic mass is 9.85. The van der Waals surface area contributed by atoms with Gasteiger partial charge in [-0.1, -0.05) is 10.3 Å². The summed E-state index contributed by atoms with van der Waals surface area (Å²) >= 11 is 1.22. The van der Waals surface area contributed by atoms with Crippen LogP contribution >= 0.6 is 11.3 Å². The minimum absolute atomic E-state index is 0.127. The number of rotatable bonds is 10. The number of Topliss-reactive ketones (excluding diaryl/α,β-unsaturated/α-hetero) is 1. The first-order valence-corrected chi connectivity index (χ1v) is 12.5. The number of β-lactam (4-membered cyclic amide) rings is 1. The predicted octanol–water partition coefficient (Wildman–Crippen LogP) is 2.19. The van der Waals surface area contributed by atoms with Crippen LogP contribution in [0.5, 0.6) is 0 Å². The molecule has 1 aliphatic rings. The fraction of sp³-hybridized carbons (Fsp3) is 0.632. The van der Waals surface area contributed by atoms with E-state index >= 15 is 0 Å². The summed E-state index contributed by atoms with van der Waals surface area (Å²) in [6.45, 7) is 9.03. The lowest BCUT2D eigenvalue weighted by Crippen LogP contribution is -2.64. The summed E-state index contributed by atoms with van der Waals surface area (Å²) in [6.07, 6.45) is -0.540. The largest absolute Gasteiger partial charge is 0.457 e. The van der Waals surface area contributed by atoms with E-state index in [-0.39, 0.29) is 15.7 Å². The zero-order valence-electron chi connectivity index (χ0n) is 20.0. The van der Waals surface area contributed by atoms with Crippen LogP contribution in [0.4, 0.5) is 0 Å². The van der Waals surface area contributed by atoms with E-state index < -0.39 is 64.1 Å². The minimum atomic E-state index is -4.91. The average Bonchev–Trinajstić information content (AvgIpc) is 3.12. The van der Waals surface area contributed by atoms with Gasteiger partial charge in [0.1, 0.15) is 11.3 Å². The Hall–Kier alpha value is -3.07. The lowest BCUT2D eigenvalue weighted by molar-refractivity contribution is -0.179. The highest BCUT2D eigenvalue weighted by atomic mass is 32.2. The van der Waals surface area contributed by atoms with Crippen LogP contribution in [0.3, 0.4) is 0 Å². The zero-order valence-corrected chi connectivity index (χ0v) is 21.6. The van der Waals surface area contributed by atoms with Gasteiger partial charge in [-0.2, -0.15) is 8.42 Å². The number of nitrogens with zero attached hydrogens (tertiary/aromatic N) is 6. The molecular weight excluding hydrogens is 504 g/mol. The number of oxime groups is 1. The Morgan fingerprint density at radius 2 is 1.94 bits per heavy atom. The second kappa shape index (κ2) is 10.3. The van der Waals surface area contributed by atoms with Crippen molar-refractivity contribution >= 4 is 45.0 Å². The van der Waals surface area contributed by atoms with Gasteiger partial charge in [-0.25, -0.2) is 14.1 Å². The first-order chi connectivity index (χ1) is 16.0. The van der Waals surface area contributed by atoms with E-state index in [0.29, 0.717) is 5.01 Å². The van der Waals surface area contributed by atoms with Crippen molar-refractivity contribution in [2.45, 2.75) is 65.2 Å². The SMILES string of the molecule is Cc1nc(/C(=N/OC(C)(C)C(=O)OC(C)(C)C)C(=O)C[C@@H]2C(=O)N(S(=O)(=O)O)[C@@H]2CN=[N+]=[N-])cs1. The topological polar surface area (TPSA) is 201 Å². The maximum Gasteiger partial charge on any atom is 0.362 e. The molecule has 0 spiro atoms. The van der Waals surface area contributed by atoms with Crippen LogP contribution in [0.2, 0.25) is 0 Å². The number of aryl methyl sites for hydroxylation is 1. The van der Waals surface area contributed by atoms with E-state index in [1.54, 1.807) is 27.7 Å². The molecule has 0 radical (unpaired) electrons. The lowest BCUT2D eigenvalue weighted by Gasteiger charge is -2.43. The smallest absolute Gasteiger partial charge is 0.362 e. The molecule has 1 aromatic rings. The van der Waals surface area contributed by atoms with E-state index in [2.05, 4.69) is 20.2 Å². The first-order valence-electron chi connectivity index (χ1n) is 10.2. The molecule has 192 valence electrons. The summed E-state index contributed by atoms with van der Waals surface area (Å²) in [4.78, 5) is 50.1. The van der Waals surface area contributed by atoms with Crippen molar-refractivity contribution in [3.63, 3.8) is 0 Å². The fourth-order valence-electron chi connectivity index (χ4n) is 3.01. The van der Waals surface area contributed by atoms with E-state index in [1.165, 1.54) is 30.6 Å². The number of esters is 1. The van der Waals surface area contributed by atoms with Gasteiger partial charge in [0, 0.05) is 23.3 Å². The molecule has 0 bridgehead atoms. The van der Waals surface area contributed by atoms with Gasteiger partial charge in [0.25, 0.3) is 0 Å². The average molecular weight is 531 g/mol. The number of amides is 1. The third-order valence-corrected chi connectivity index (χ3v) is 6.39. The molecule has 14 nitrogen and oxygen atoms in total. The van der Waals surface area contributed by atoms with Crippen LogP contribution < -0.4 is 0 Å². The van der Waals surface area contributed by atoms with E-state index in [0.717, 1.165) is 0 Å². The van der Waals surface area contributed by atoms with E-state index in [4.69, 9.17) is 15.1 Å². The molecule has 2 heterocycles. The molecule has 2 rings (SSSR count). The number of hydrogen-bond acceptors (Lipinski definition) is 11. The molecule has 0 aliphatic carbocycles. The van der Waals surface area contributed by atoms with Crippen molar-refractivity contribution in [1.29, 1.82) is 0 Å². The summed E-state index contributed by atoms with van der Waals surface area (Å²) < 4.78 is 37.8. The number of ether oxygens (including phenoxy) is 1. The summed E-state index contributed by atoms with van der Waals surface area (Å²) in [5, 5.41) is 9.24. The van der Waals surface area contributed by atoms with Crippen LogP contribution in [0.1, 0.15) is 51.7 Å². The highest BCUT2D eigenvalue weighted by molar-refractivity contribution is 7.84. The monoisotopic (exact) mass is 530 g/mol. The number of azide groups is 1. The Morgan fingerprint density at radius 1 is 1.31 bits per heavy atom. The predicted molar refractivity (Wildman–Crippen MR) is 124 cm³/mol. The molecule has 0 unspecified atom stereocenters. The van der Waals surface area contributed by atoms with Gasteiger partial charge in [-0.3, -0.25) is 14.1 Å². The molecule has 1 fully saturated rings. The molecular formula is C19H26N6O8S2. The Labute approximate surface area is 205 Å². The Balaban J connectivity index is 2.33. The molecule has 0 saturated carbocycles. The quantitative estimate of drug-likeness (QED) is 0.0687. The van der Waals surface area contributed by atoms with Gasteiger partial charge in [0.2, 0.25) is 11.5 Å². The van der Waals surface area contributed by atoms with E-state index in [1.807, 2.05) is 0 Å². The maximum atomic E-state index is 13.1. The highest BCUT2D eigenvalue weighted by Gasteiger charge is 2.53. The molecule has 2 atom stereocenters. The summed E-state index contributed by atoms with van der Waals surface area (Å²) in [6, 6.07) is -1.25.